The van der Waals surface area contributed by atoms with Gasteiger partial charge in [0.2, 0.25) is 0 Å². The van der Waals surface area contributed by atoms with Gasteiger partial charge in [0.15, 0.2) is 11.6 Å². The lowest BCUT2D eigenvalue weighted by Crippen LogP contribution is -2.53. The molecule has 7 nitrogen and oxygen atoms in total. The van der Waals surface area contributed by atoms with Crippen LogP contribution in [0.2, 0.25) is 0 Å². The van der Waals surface area contributed by atoms with Gasteiger partial charge in [-0.1, -0.05) is 65.2 Å². The van der Waals surface area contributed by atoms with Crippen LogP contribution >= 0.6 is 0 Å². The van der Waals surface area contributed by atoms with Crippen LogP contribution in [0.25, 0.3) is 0 Å². The molecule has 232 valence electrons. The minimum Gasteiger partial charge on any atom is -0.382 e. The molecule has 0 saturated carbocycles. The molecule has 2 aliphatic heterocycles. The molecule has 0 amide bonds. The lowest BCUT2D eigenvalue weighted by Gasteiger charge is -2.43. The van der Waals surface area contributed by atoms with Crippen molar-refractivity contribution in [2.75, 3.05) is 27.4 Å². The summed E-state index contributed by atoms with van der Waals surface area (Å²) in [4.78, 5) is 0. The van der Waals surface area contributed by atoms with Gasteiger partial charge in [-0.15, -0.1) is 0 Å². The van der Waals surface area contributed by atoms with Gasteiger partial charge >= 0.3 is 0 Å². The van der Waals surface area contributed by atoms with E-state index in [1.165, 1.54) is 51.4 Å². The van der Waals surface area contributed by atoms with Crippen LogP contribution < -0.4 is 0 Å². The van der Waals surface area contributed by atoms with E-state index in [0.717, 1.165) is 38.5 Å². The number of hydrogen-bond donors (Lipinski definition) is 0. The molecule has 8 unspecified atom stereocenters. The molecule has 0 aromatic rings. The zero-order valence-electron chi connectivity index (χ0n) is 26.6. The quantitative estimate of drug-likeness (QED) is 0.127. The standard InChI is InChI=1S/C32H62O7/c1-9-11-13-15-17-25(3)36-31(21-19-29(38-31)23-33-7)27(5)35-28(6)32(22-20-30(39-32)24-34-8)37-26(4)18-16-14-12-10-2/h25-30H,9-24H2,1-8H3. The van der Waals surface area contributed by atoms with E-state index in [-0.39, 0.29) is 36.6 Å². The van der Waals surface area contributed by atoms with Crippen LogP contribution in [0.3, 0.4) is 0 Å². The van der Waals surface area contributed by atoms with E-state index in [9.17, 15) is 0 Å². The lowest BCUT2D eigenvalue weighted by molar-refractivity contribution is -0.340. The van der Waals surface area contributed by atoms with Gasteiger partial charge in [0.1, 0.15) is 12.2 Å². The largest absolute Gasteiger partial charge is 0.382 e. The van der Waals surface area contributed by atoms with Crippen LogP contribution in [0.5, 0.6) is 0 Å². The Hall–Kier alpha value is -0.280. The van der Waals surface area contributed by atoms with Gasteiger partial charge in [-0.2, -0.15) is 0 Å². The molecule has 2 rings (SSSR count). The molecule has 0 aromatic heterocycles. The first-order valence-corrected chi connectivity index (χ1v) is 16.1. The van der Waals surface area contributed by atoms with Gasteiger partial charge in [-0.05, 0) is 53.4 Å². The van der Waals surface area contributed by atoms with Gasteiger partial charge < -0.3 is 33.2 Å². The van der Waals surface area contributed by atoms with Gasteiger partial charge in [0, 0.05) is 27.1 Å². The number of methoxy groups -OCH3 is 2. The maximum absolute atomic E-state index is 6.78. The van der Waals surface area contributed by atoms with E-state index < -0.39 is 11.6 Å². The van der Waals surface area contributed by atoms with Crippen molar-refractivity contribution in [3.63, 3.8) is 0 Å². The van der Waals surface area contributed by atoms with E-state index in [1.807, 2.05) is 0 Å². The number of unbranched alkanes of at least 4 members (excludes halogenated alkanes) is 6. The van der Waals surface area contributed by atoms with Crippen molar-refractivity contribution in [1.29, 1.82) is 0 Å². The number of rotatable bonds is 22. The molecule has 0 N–H and O–H groups in total. The van der Waals surface area contributed by atoms with Crippen molar-refractivity contribution in [2.45, 2.75) is 180 Å². The Bertz CT molecular complexity index is 582. The summed E-state index contributed by atoms with van der Waals surface area (Å²) in [7, 11) is 3.45. The normalized spacial score (nSPS) is 30.5. The van der Waals surface area contributed by atoms with Crippen molar-refractivity contribution in [3.8, 4) is 0 Å². The first kappa shape index (κ1) is 34.9. The van der Waals surface area contributed by atoms with Crippen LogP contribution in [-0.4, -0.2) is 75.6 Å². The van der Waals surface area contributed by atoms with Crippen LogP contribution in [-0.2, 0) is 33.2 Å². The molecular weight excluding hydrogens is 496 g/mol. The molecule has 0 bridgehead atoms. The monoisotopic (exact) mass is 558 g/mol. The van der Waals surface area contributed by atoms with Crippen molar-refractivity contribution < 1.29 is 33.2 Å². The second-order valence-corrected chi connectivity index (χ2v) is 12.1. The van der Waals surface area contributed by atoms with Gasteiger partial charge in [-0.3, -0.25) is 0 Å². The first-order valence-electron chi connectivity index (χ1n) is 16.1. The van der Waals surface area contributed by atoms with E-state index in [2.05, 4.69) is 41.5 Å². The van der Waals surface area contributed by atoms with Crippen molar-refractivity contribution in [2.24, 2.45) is 0 Å². The zero-order valence-corrected chi connectivity index (χ0v) is 26.6. The highest BCUT2D eigenvalue weighted by molar-refractivity contribution is 4.92. The predicted molar refractivity (Wildman–Crippen MR) is 156 cm³/mol. The number of hydrogen-bond acceptors (Lipinski definition) is 7. The number of ether oxygens (including phenoxy) is 7. The second kappa shape index (κ2) is 18.3. The van der Waals surface area contributed by atoms with Crippen molar-refractivity contribution >= 4 is 0 Å². The van der Waals surface area contributed by atoms with Crippen LogP contribution in [0, 0.1) is 0 Å². The lowest BCUT2D eigenvalue weighted by atomic mass is 10.0. The molecule has 0 aliphatic carbocycles. The summed E-state index contributed by atoms with van der Waals surface area (Å²) in [6.07, 6.45) is 14.8. The molecule has 0 radical (unpaired) electrons. The summed E-state index contributed by atoms with van der Waals surface area (Å²) in [5.41, 5.74) is 0. The Morgan fingerprint density at radius 1 is 0.641 bits per heavy atom. The summed E-state index contributed by atoms with van der Waals surface area (Å²) >= 11 is 0. The summed E-state index contributed by atoms with van der Waals surface area (Å²) in [6, 6.07) is 0. The molecule has 2 saturated heterocycles. The fourth-order valence-corrected chi connectivity index (χ4v) is 6.12. The molecule has 0 aromatic carbocycles. The highest BCUT2D eigenvalue weighted by Gasteiger charge is 2.52. The Balaban J connectivity index is 2.12. The molecule has 39 heavy (non-hydrogen) atoms. The van der Waals surface area contributed by atoms with Crippen molar-refractivity contribution in [3.05, 3.63) is 0 Å². The average molecular weight is 559 g/mol. The average Bonchev–Trinajstić information content (AvgIpc) is 3.50. The molecule has 0 spiro atoms. The smallest absolute Gasteiger partial charge is 0.195 e. The zero-order chi connectivity index (χ0) is 28.7. The Morgan fingerprint density at radius 2 is 1.05 bits per heavy atom. The van der Waals surface area contributed by atoms with Gasteiger partial charge in [-0.25, -0.2) is 0 Å². The maximum atomic E-state index is 6.78. The minimum absolute atomic E-state index is 0.00538. The molecular formula is C32H62O7. The minimum atomic E-state index is -0.806. The third kappa shape index (κ3) is 11.1. The molecule has 2 heterocycles. The van der Waals surface area contributed by atoms with E-state index >= 15 is 0 Å². The fourth-order valence-electron chi connectivity index (χ4n) is 6.12. The third-order valence-corrected chi connectivity index (χ3v) is 8.44. The molecule has 8 atom stereocenters. The van der Waals surface area contributed by atoms with Crippen molar-refractivity contribution in [1.82, 2.24) is 0 Å². The summed E-state index contributed by atoms with van der Waals surface area (Å²) in [6.45, 7) is 14.1. The van der Waals surface area contributed by atoms with Crippen LogP contribution in [0.4, 0.5) is 0 Å². The Morgan fingerprint density at radius 3 is 1.41 bits per heavy atom. The Kier molecular flexibility index (Phi) is 16.4. The summed E-state index contributed by atoms with van der Waals surface area (Å²) < 4.78 is 44.3. The predicted octanol–water partition coefficient (Wildman–Crippen LogP) is 7.57. The fraction of sp³-hybridized carbons (Fsp3) is 1.00. The van der Waals surface area contributed by atoms with Gasteiger partial charge in [0.25, 0.3) is 0 Å². The van der Waals surface area contributed by atoms with Gasteiger partial charge in [0.05, 0.1) is 37.6 Å². The highest BCUT2D eigenvalue weighted by Crippen LogP contribution is 2.42. The van der Waals surface area contributed by atoms with Crippen LogP contribution in [0.15, 0.2) is 0 Å². The molecule has 2 fully saturated rings. The second-order valence-electron chi connectivity index (χ2n) is 12.1. The highest BCUT2D eigenvalue weighted by atomic mass is 16.8. The van der Waals surface area contributed by atoms with E-state index in [4.69, 9.17) is 33.2 Å². The summed E-state index contributed by atoms with van der Waals surface area (Å²) in [5.74, 6) is -1.61. The SMILES string of the molecule is CCCCCCC(C)OC1(C(C)OC(C)C2(OC(C)CCCCCC)CCC(COC)O2)CCC(COC)O1. The topological polar surface area (TPSA) is 64.6 Å². The van der Waals surface area contributed by atoms with Crippen LogP contribution in [0.1, 0.15) is 131 Å². The Labute approximate surface area is 240 Å². The van der Waals surface area contributed by atoms with E-state index in [0.29, 0.717) is 13.2 Å². The summed E-state index contributed by atoms with van der Waals surface area (Å²) in [5, 5.41) is 0. The molecule has 7 heteroatoms. The molecule has 2 aliphatic rings. The third-order valence-electron chi connectivity index (χ3n) is 8.44. The maximum Gasteiger partial charge on any atom is 0.195 e. The van der Waals surface area contributed by atoms with E-state index in [1.54, 1.807) is 14.2 Å². The first-order chi connectivity index (χ1) is 18.7.